The Morgan fingerprint density at radius 3 is 3.00 bits per heavy atom. The van der Waals surface area contributed by atoms with Gasteiger partial charge in [-0.25, -0.2) is 0 Å². The van der Waals surface area contributed by atoms with E-state index in [0.717, 1.165) is 0 Å². The Labute approximate surface area is 137 Å². The van der Waals surface area contributed by atoms with Crippen molar-refractivity contribution in [1.82, 2.24) is 10.3 Å². The zero-order valence-electron chi connectivity index (χ0n) is 12.6. The maximum atomic E-state index is 11.8. The number of carbonyl (C=O) groups excluding carboxylic acids is 1. The molecule has 2 aromatic rings. The Kier molecular flexibility index (Phi) is 4.68. The molecule has 24 heavy (non-hydrogen) atoms. The third-order valence-corrected chi connectivity index (χ3v) is 3.18. The topological polar surface area (TPSA) is 89.7 Å². The van der Waals surface area contributed by atoms with Crippen molar-refractivity contribution in [3.8, 4) is 29.1 Å². The number of aromatic amines is 1. The Balaban J connectivity index is 1.44. The molecule has 0 bridgehead atoms. The molecule has 0 spiro atoms. The highest BCUT2D eigenvalue weighted by Crippen LogP contribution is 2.34. The number of aromatic nitrogens is 1. The summed E-state index contributed by atoms with van der Waals surface area (Å²) >= 11 is 0. The lowest BCUT2D eigenvalue weighted by atomic mass is 10.2. The first kappa shape index (κ1) is 15.5. The van der Waals surface area contributed by atoms with E-state index in [9.17, 15) is 9.59 Å². The summed E-state index contributed by atoms with van der Waals surface area (Å²) in [5, 5.41) is 2.55. The van der Waals surface area contributed by atoms with E-state index in [-0.39, 0.29) is 25.5 Å². The summed E-state index contributed by atoms with van der Waals surface area (Å²) in [7, 11) is 0. The Hall–Kier alpha value is -3.40. The summed E-state index contributed by atoms with van der Waals surface area (Å²) in [5.74, 6) is 7.01. The first-order chi connectivity index (χ1) is 11.7. The third kappa shape index (κ3) is 3.67. The number of benzene rings is 1. The van der Waals surface area contributed by atoms with Gasteiger partial charge in [0.2, 0.25) is 6.79 Å². The van der Waals surface area contributed by atoms with Gasteiger partial charge in [0.05, 0.1) is 6.54 Å². The average molecular weight is 326 g/mol. The van der Waals surface area contributed by atoms with Crippen LogP contribution in [0, 0.1) is 11.8 Å². The van der Waals surface area contributed by atoms with Crippen LogP contribution in [0.5, 0.6) is 17.2 Å². The molecule has 122 valence electrons. The van der Waals surface area contributed by atoms with Gasteiger partial charge in [0.1, 0.15) is 17.9 Å². The molecule has 0 saturated carbocycles. The van der Waals surface area contributed by atoms with E-state index in [2.05, 4.69) is 22.1 Å². The molecular weight excluding hydrogens is 312 g/mol. The van der Waals surface area contributed by atoms with Gasteiger partial charge in [0.15, 0.2) is 11.5 Å². The van der Waals surface area contributed by atoms with Crippen molar-refractivity contribution in [3.05, 3.63) is 52.4 Å². The molecular formula is C17H14N2O5. The molecule has 7 heteroatoms. The van der Waals surface area contributed by atoms with Crippen LogP contribution < -0.4 is 25.1 Å². The fourth-order valence-corrected chi connectivity index (χ4v) is 2.02. The van der Waals surface area contributed by atoms with E-state index < -0.39 is 11.5 Å². The SMILES string of the molecule is O=C(NCC#CCOc1ccc2c(c1)OCO2)c1ccc[nH]c1=O. The number of hydrogen-bond donors (Lipinski definition) is 2. The van der Waals surface area contributed by atoms with Crippen LogP contribution in [0.3, 0.4) is 0 Å². The number of hydrogen-bond acceptors (Lipinski definition) is 5. The van der Waals surface area contributed by atoms with Crippen molar-refractivity contribution in [2.75, 3.05) is 19.9 Å². The van der Waals surface area contributed by atoms with Crippen LogP contribution >= 0.6 is 0 Å². The second-order valence-corrected chi connectivity index (χ2v) is 4.75. The van der Waals surface area contributed by atoms with Gasteiger partial charge >= 0.3 is 0 Å². The Morgan fingerprint density at radius 2 is 2.12 bits per heavy atom. The molecule has 0 aliphatic carbocycles. The highest BCUT2D eigenvalue weighted by Gasteiger charge is 2.13. The van der Waals surface area contributed by atoms with E-state index in [4.69, 9.17) is 14.2 Å². The van der Waals surface area contributed by atoms with Crippen molar-refractivity contribution in [1.29, 1.82) is 0 Å². The molecule has 1 aromatic heterocycles. The van der Waals surface area contributed by atoms with Gasteiger partial charge in [0.25, 0.3) is 11.5 Å². The molecule has 2 N–H and O–H groups in total. The summed E-state index contributed by atoms with van der Waals surface area (Å²) in [6.45, 7) is 0.502. The summed E-state index contributed by atoms with van der Waals surface area (Å²) in [4.78, 5) is 25.6. The van der Waals surface area contributed by atoms with Crippen LogP contribution in [0.2, 0.25) is 0 Å². The van der Waals surface area contributed by atoms with E-state index in [1.165, 1.54) is 12.3 Å². The van der Waals surface area contributed by atoms with Crippen LogP contribution in [-0.4, -0.2) is 30.8 Å². The predicted molar refractivity (Wildman–Crippen MR) is 85.2 cm³/mol. The normalized spacial score (nSPS) is 11.3. The summed E-state index contributed by atoms with van der Waals surface area (Å²) in [5.41, 5.74) is -0.384. The van der Waals surface area contributed by atoms with Crippen molar-refractivity contribution >= 4 is 5.91 Å². The molecule has 7 nitrogen and oxygen atoms in total. The highest BCUT2D eigenvalue weighted by atomic mass is 16.7. The number of carbonyl (C=O) groups is 1. The molecule has 1 aliphatic heterocycles. The zero-order chi connectivity index (χ0) is 16.8. The predicted octanol–water partition coefficient (Wildman–Crippen LogP) is 0.916. The van der Waals surface area contributed by atoms with Crippen LogP contribution in [-0.2, 0) is 0 Å². The van der Waals surface area contributed by atoms with Crippen LogP contribution in [0.25, 0.3) is 0 Å². The molecule has 0 radical (unpaired) electrons. The molecule has 3 rings (SSSR count). The maximum absolute atomic E-state index is 11.8. The van der Waals surface area contributed by atoms with Gasteiger partial charge in [-0.05, 0) is 24.3 Å². The lowest BCUT2D eigenvalue weighted by molar-refractivity contribution is 0.0957. The third-order valence-electron chi connectivity index (χ3n) is 3.18. The molecule has 0 atom stereocenters. The zero-order valence-corrected chi connectivity index (χ0v) is 12.6. The Bertz CT molecular complexity index is 863. The van der Waals surface area contributed by atoms with Gasteiger partial charge < -0.3 is 24.5 Å². The minimum Gasteiger partial charge on any atom is -0.481 e. The summed E-state index contributed by atoms with van der Waals surface area (Å²) < 4.78 is 15.9. The number of fused-ring (bicyclic) bond motifs is 1. The number of ether oxygens (including phenoxy) is 3. The quantitative estimate of drug-likeness (QED) is 0.816. The van der Waals surface area contributed by atoms with Gasteiger partial charge in [-0.2, -0.15) is 0 Å². The van der Waals surface area contributed by atoms with Gasteiger partial charge in [-0.3, -0.25) is 9.59 Å². The number of rotatable bonds is 4. The highest BCUT2D eigenvalue weighted by molar-refractivity contribution is 5.93. The molecule has 0 unspecified atom stereocenters. The largest absolute Gasteiger partial charge is 0.481 e. The molecule has 0 saturated heterocycles. The van der Waals surface area contributed by atoms with E-state index in [1.54, 1.807) is 24.3 Å². The fourth-order valence-electron chi connectivity index (χ4n) is 2.02. The monoisotopic (exact) mass is 326 g/mol. The van der Waals surface area contributed by atoms with Crippen molar-refractivity contribution in [3.63, 3.8) is 0 Å². The first-order valence-corrected chi connectivity index (χ1v) is 7.18. The maximum Gasteiger partial charge on any atom is 0.260 e. The van der Waals surface area contributed by atoms with Crippen LogP contribution in [0.4, 0.5) is 0 Å². The lowest BCUT2D eigenvalue weighted by Crippen LogP contribution is -2.29. The Morgan fingerprint density at radius 1 is 1.25 bits per heavy atom. The molecule has 0 fully saturated rings. The molecule has 2 heterocycles. The van der Waals surface area contributed by atoms with Gasteiger partial charge in [-0.15, -0.1) is 0 Å². The van der Waals surface area contributed by atoms with Gasteiger partial charge in [0, 0.05) is 12.3 Å². The number of H-pyrrole nitrogens is 1. The van der Waals surface area contributed by atoms with E-state index in [0.29, 0.717) is 17.2 Å². The smallest absolute Gasteiger partial charge is 0.260 e. The standard InChI is InChI=1S/C17H14N2O5/c20-16(13-4-3-8-19-17(13)21)18-7-1-2-9-22-12-5-6-14-15(10-12)24-11-23-14/h3-6,8,10H,7,9,11H2,(H,18,20)(H,19,21). The summed E-state index contributed by atoms with van der Waals surface area (Å²) in [6.07, 6.45) is 1.46. The summed E-state index contributed by atoms with van der Waals surface area (Å²) in [6, 6.07) is 8.29. The number of nitrogens with one attached hydrogen (secondary N) is 2. The second-order valence-electron chi connectivity index (χ2n) is 4.75. The fraction of sp³-hybridized carbons (Fsp3) is 0.176. The van der Waals surface area contributed by atoms with Gasteiger partial charge in [-0.1, -0.05) is 11.8 Å². The van der Waals surface area contributed by atoms with Crippen LogP contribution in [0.1, 0.15) is 10.4 Å². The average Bonchev–Trinajstić information content (AvgIpc) is 3.06. The van der Waals surface area contributed by atoms with E-state index in [1.807, 2.05) is 0 Å². The van der Waals surface area contributed by atoms with E-state index >= 15 is 0 Å². The van der Waals surface area contributed by atoms with Crippen molar-refractivity contribution in [2.45, 2.75) is 0 Å². The molecule has 1 aliphatic rings. The first-order valence-electron chi connectivity index (χ1n) is 7.18. The molecule has 1 aromatic carbocycles. The van der Waals surface area contributed by atoms with Crippen molar-refractivity contribution in [2.24, 2.45) is 0 Å². The lowest BCUT2D eigenvalue weighted by Gasteiger charge is -2.03. The number of pyridine rings is 1. The number of amides is 1. The van der Waals surface area contributed by atoms with Crippen LogP contribution in [0.15, 0.2) is 41.3 Å². The minimum absolute atomic E-state index is 0.0518. The molecule has 1 amide bonds. The second kappa shape index (κ2) is 7.24. The minimum atomic E-state index is -0.470. The van der Waals surface area contributed by atoms with Crippen molar-refractivity contribution < 1.29 is 19.0 Å².